The Morgan fingerprint density at radius 1 is 0.793 bits per heavy atom. The molecule has 2 N–H and O–H groups in total. The predicted molar refractivity (Wildman–Crippen MR) is 110 cm³/mol. The number of phenolic OH excluding ortho intramolecular Hbond substituents is 2. The lowest BCUT2D eigenvalue weighted by Crippen LogP contribution is -2.02. The molecule has 0 aliphatic heterocycles. The average molecular weight is 396 g/mol. The van der Waals surface area contributed by atoms with Crippen molar-refractivity contribution in [3.63, 3.8) is 0 Å². The fourth-order valence-electron chi connectivity index (χ4n) is 2.64. The molecule has 152 valence electrons. The van der Waals surface area contributed by atoms with E-state index >= 15 is 0 Å². The Balaban J connectivity index is 1.81. The summed E-state index contributed by atoms with van der Waals surface area (Å²) in [6.45, 7) is 0. The van der Waals surface area contributed by atoms with Crippen molar-refractivity contribution in [2.75, 3.05) is 14.2 Å². The Hall–Kier alpha value is -3.54. The zero-order valence-corrected chi connectivity index (χ0v) is 16.4. The number of rotatable bonds is 10. The summed E-state index contributed by atoms with van der Waals surface area (Å²) in [6.07, 6.45) is 6.88. The van der Waals surface area contributed by atoms with Gasteiger partial charge in [-0.15, -0.1) is 0 Å². The van der Waals surface area contributed by atoms with Crippen LogP contribution in [0, 0.1) is 0 Å². The van der Waals surface area contributed by atoms with Crippen molar-refractivity contribution in [3.05, 3.63) is 71.8 Å². The molecule has 0 fully saturated rings. The maximum Gasteiger partial charge on any atom is 0.163 e. The van der Waals surface area contributed by atoms with Gasteiger partial charge in [0.2, 0.25) is 0 Å². The van der Waals surface area contributed by atoms with Gasteiger partial charge < -0.3 is 19.7 Å². The number of benzene rings is 2. The number of phenols is 2. The van der Waals surface area contributed by atoms with Crippen LogP contribution in [-0.4, -0.2) is 36.0 Å². The Bertz CT molecular complexity index is 851. The van der Waals surface area contributed by atoms with Crippen LogP contribution in [0.1, 0.15) is 17.5 Å². The Morgan fingerprint density at radius 2 is 1.21 bits per heavy atom. The van der Waals surface area contributed by atoms with Crippen molar-refractivity contribution in [2.45, 2.75) is 19.3 Å². The minimum absolute atomic E-state index is 0.0550. The highest BCUT2D eigenvalue weighted by atomic mass is 16.5. The molecule has 0 spiro atoms. The number of hydrogen-bond acceptors (Lipinski definition) is 6. The summed E-state index contributed by atoms with van der Waals surface area (Å²) in [7, 11) is 2.94. The van der Waals surface area contributed by atoms with Gasteiger partial charge in [0.1, 0.15) is 0 Å². The lowest BCUT2D eigenvalue weighted by atomic mass is 10.1. The van der Waals surface area contributed by atoms with Crippen LogP contribution in [0.15, 0.2) is 60.7 Å². The number of ketones is 2. The van der Waals surface area contributed by atoms with Gasteiger partial charge in [0.05, 0.1) is 20.6 Å². The van der Waals surface area contributed by atoms with Crippen molar-refractivity contribution in [1.29, 1.82) is 0 Å². The van der Waals surface area contributed by atoms with Crippen molar-refractivity contribution < 1.29 is 29.3 Å². The normalized spacial score (nSPS) is 11.1. The van der Waals surface area contributed by atoms with Crippen molar-refractivity contribution in [2.24, 2.45) is 0 Å². The molecule has 6 heteroatoms. The van der Waals surface area contributed by atoms with Gasteiger partial charge >= 0.3 is 0 Å². The quantitative estimate of drug-likeness (QED) is 0.471. The third-order valence-corrected chi connectivity index (χ3v) is 4.15. The van der Waals surface area contributed by atoms with Crippen LogP contribution in [0.2, 0.25) is 0 Å². The lowest BCUT2D eigenvalue weighted by Gasteiger charge is -2.04. The monoisotopic (exact) mass is 396 g/mol. The first-order valence-electron chi connectivity index (χ1n) is 9.03. The second kappa shape index (κ2) is 10.7. The molecular weight excluding hydrogens is 372 g/mol. The van der Waals surface area contributed by atoms with E-state index in [1.54, 1.807) is 36.4 Å². The Kier molecular flexibility index (Phi) is 8.03. The van der Waals surface area contributed by atoms with Crippen LogP contribution < -0.4 is 9.47 Å². The number of hydrogen-bond donors (Lipinski definition) is 2. The SMILES string of the molecule is COc1cc(C/C=C\C(=O)CC(=O)/C=C/Cc2ccc(O)c(OC)c2)ccc1O. The second-order valence-electron chi connectivity index (χ2n) is 6.33. The summed E-state index contributed by atoms with van der Waals surface area (Å²) < 4.78 is 10.1. The van der Waals surface area contributed by atoms with E-state index in [0.717, 1.165) is 11.1 Å². The maximum atomic E-state index is 11.9. The summed E-state index contributed by atoms with van der Waals surface area (Å²) in [6, 6.07) is 9.91. The Morgan fingerprint density at radius 3 is 1.59 bits per heavy atom. The predicted octanol–water partition coefficient (Wildman–Crippen LogP) is 3.54. The minimum atomic E-state index is -0.281. The van der Waals surface area contributed by atoms with Crippen molar-refractivity contribution in [3.8, 4) is 23.0 Å². The van der Waals surface area contributed by atoms with Crippen LogP contribution in [0.3, 0.4) is 0 Å². The fourth-order valence-corrected chi connectivity index (χ4v) is 2.64. The smallest absolute Gasteiger partial charge is 0.163 e. The van der Waals surface area contributed by atoms with Crippen molar-refractivity contribution >= 4 is 11.6 Å². The maximum absolute atomic E-state index is 11.9. The van der Waals surface area contributed by atoms with Gasteiger partial charge in [0.15, 0.2) is 34.6 Å². The third kappa shape index (κ3) is 6.84. The van der Waals surface area contributed by atoms with E-state index in [0.29, 0.717) is 24.3 Å². The molecule has 0 unspecified atom stereocenters. The molecule has 0 aromatic heterocycles. The number of aromatic hydroxyl groups is 2. The molecule has 0 aliphatic carbocycles. The van der Waals surface area contributed by atoms with Gasteiger partial charge in [0.25, 0.3) is 0 Å². The first-order chi connectivity index (χ1) is 13.9. The minimum Gasteiger partial charge on any atom is -0.504 e. The van der Waals surface area contributed by atoms with Crippen molar-refractivity contribution in [1.82, 2.24) is 0 Å². The van der Waals surface area contributed by atoms with E-state index in [4.69, 9.17) is 9.47 Å². The summed E-state index contributed by atoms with van der Waals surface area (Å²) >= 11 is 0. The zero-order valence-electron chi connectivity index (χ0n) is 16.4. The van der Waals surface area contributed by atoms with Crippen LogP contribution in [0.5, 0.6) is 23.0 Å². The van der Waals surface area contributed by atoms with Gasteiger partial charge in [-0.3, -0.25) is 9.59 Å². The van der Waals surface area contributed by atoms with E-state index in [1.807, 2.05) is 0 Å². The number of carbonyl (C=O) groups excluding carboxylic acids is 2. The Labute approximate surface area is 169 Å². The number of methoxy groups -OCH3 is 2. The molecule has 29 heavy (non-hydrogen) atoms. The summed E-state index contributed by atoms with van der Waals surface area (Å²) in [5.41, 5.74) is 1.75. The largest absolute Gasteiger partial charge is 0.504 e. The highest BCUT2D eigenvalue weighted by Crippen LogP contribution is 2.27. The molecule has 0 atom stereocenters. The van der Waals surface area contributed by atoms with Crippen LogP contribution >= 0.6 is 0 Å². The summed E-state index contributed by atoms with van der Waals surface area (Å²) in [5.74, 6) is 0.287. The van der Waals surface area contributed by atoms with E-state index in [1.165, 1.54) is 38.5 Å². The first kappa shape index (κ1) is 21.8. The molecule has 0 radical (unpaired) electrons. The van der Waals surface area contributed by atoms with Gasteiger partial charge in [0, 0.05) is 0 Å². The summed E-state index contributed by atoms with van der Waals surface area (Å²) in [4.78, 5) is 23.8. The molecule has 0 heterocycles. The fraction of sp³-hybridized carbons (Fsp3) is 0.217. The summed E-state index contributed by atoms with van der Waals surface area (Å²) in [5, 5.41) is 19.1. The molecule has 0 bridgehead atoms. The molecule has 2 rings (SSSR count). The van der Waals surface area contributed by atoms with Crippen LogP contribution in [0.25, 0.3) is 0 Å². The van der Waals surface area contributed by atoms with E-state index in [-0.39, 0.29) is 29.5 Å². The highest BCUT2D eigenvalue weighted by molar-refractivity contribution is 6.08. The van der Waals surface area contributed by atoms with E-state index in [9.17, 15) is 19.8 Å². The second-order valence-corrected chi connectivity index (χ2v) is 6.33. The van der Waals surface area contributed by atoms with E-state index < -0.39 is 0 Å². The first-order valence-corrected chi connectivity index (χ1v) is 9.03. The van der Waals surface area contributed by atoms with E-state index in [2.05, 4.69) is 0 Å². The van der Waals surface area contributed by atoms with Gasteiger partial charge in [-0.1, -0.05) is 24.3 Å². The molecule has 0 aliphatic rings. The number of allylic oxidation sites excluding steroid dienone is 4. The third-order valence-electron chi connectivity index (χ3n) is 4.15. The topological polar surface area (TPSA) is 93.1 Å². The number of ether oxygens (including phenoxy) is 2. The lowest BCUT2D eigenvalue weighted by molar-refractivity contribution is -0.121. The molecule has 6 nitrogen and oxygen atoms in total. The average Bonchev–Trinajstić information content (AvgIpc) is 2.70. The molecule has 2 aromatic rings. The number of carbonyl (C=O) groups is 2. The van der Waals surface area contributed by atoms with Crippen LogP contribution in [0.4, 0.5) is 0 Å². The van der Waals surface area contributed by atoms with Crippen LogP contribution in [-0.2, 0) is 22.4 Å². The highest BCUT2D eigenvalue weighted by Gasteiger charge is 2.05. The molecule has 0 amide bonds. The standard InChI is InChI=1S/C23H24O6/c1-28-22-13-16(9-11-20(22)26)5-3-7-18(24)15-19(25)8-4-6-17-10-12-21(27)23(14-17)29-2/h3-4,7-14,26-27H,5-6,15H2,1-2H3/b7-3-,8-4+. The molecule has 2 aromatic carbocycles. The van der Waals surface area contributed by atoms with Gasteiger partial charge in [-0.25, -0.2) is 0 Å². The molecule has 0 saturated heterocycles. The van der Waals surface area contributed by atoms with Gasteiger partial charge in [-0.2, -0.15) is 0 Å². The van der Waals surface area contributed by atoms with Gasteiger partial charge in [-0.05, 0) is 60.4 Å². The zero-order chi connectivity index (χ0) is 21.2. The molecular formula is C23H24O6. The molecule has 0 saturated carbocycles.